The molecule has 3 aromatic carbocycles. The lowest BCUT2D eigenvalue weighted by Gasteiger charge is -2.19. The lowest BCUT2D eigenvalue weighted by atomic mass is 10.00. The minimum Gasteiger partial charge on any atom is -0.348 e. The number of thiazole rings is 1. The van der Waals surface area contributed by atoms with E-state index in [1.807, 2.05) is 55.3 Å². The number of carbonyl (C=O) groups excluding carboxylic acids is 1. The van der Waals surface area contributed by atoms with Crippen molar-refractivity contribution in [1.29, 1.82) is 0 Å². The van der Waals surface area contributed by atoms with Crippen LogP contribution in [0.4, 0.5) is 0 Å². The third-order valence-corrected chi connectivity index (χ3v) is 5.85. The molecule has 0 radical (unpaired) electrons. The number of aromatic nitrogens is 1. The van der Waals surface area contributed by atoms with Gasteiger partial charge < -0.3 is 5.32 Å². The summed E-state index contributed by atoms with van der Waals surface area (Å²) in [4.78, 5) is 19.2. The van der Waals surface area contributed by atoms with Crippen molar-refractivity contribution in [3.05, 3.63) is 77.3 Å². The second-order valence-electron chi connectivity index (χ2n) is 7.11. The molecule has 142 valence electrons. The summed E-state index contributed by atoms with van der Waals surface area (Å²) >= 11 is 1.68. The van der Waals surface area contributed by atoms with Crippen LogP contribution in [0.5, 0.6) is 0 Å². The van der Waals surface area contributed by atoms with Gasteiger partial charge in [-0.25, -0.2) is 4.98 Å². The second-order valence-corrected chi connectivity index (χ2v) is 8.22. The van der Waals surface area contributed by atoms with Gasteiger partial charge >= 0.3 is 0 Å². The highest BCUT2D eigenvalue weighted by atomic mass is 32.1. The summed E-state index contributed by atoms with van der Waals surface area (Å²) in [6, 6.07) is 22.6. The van der Waals surface area contributed by atoms with Gasteiger partial charge in [-0.3, -0.25) is 9.69 Å². The first kappa shape index (κ1) is 18.6. The van der Waals surface area contributed by atoms with Gasteiger partial charge in [0.25, 0.3) is 0 Å². The number of nitrogens with zero attached hydrogens (tertiary/aromatic N) is 2. The molecule has 1 atom stereocenters. The zero-order chi connectivity index (χ0) is 19.5. The van der Waals surface area contributed by atoms with E-state index in [0.29, 0.717) is 13.1 Å². The van der Waals surface area contributed by atoms with Gasteiger partial charge in [0.05, 0.1) is 29.3 Å². The number of hydrogen-bond donors (Lipinski definition) is 1. The normalized spacial score (nSPS) is 12.5. The van der Waals surface area contributed by atoms with Crippen molar-refractivity contribution in [1.82, 2.24) is 15.2 Å². The van der Waals surface area contributed by atoms with Crippen LogP contribution in [0.15, 0.2) is 66.7 Å². The van der Waals surface area contributed by atoms with Crippen molar-refractivity contribution in [2.75, 3.05) is 13.6 Å². The van der Waals surface area contributed by atoms with Gasteiger partial charge in [0.2, 0.25) is 5.91 Å². The molecule has 0 saturated heterocycles. The molecule has 0 aliphatic carbocycles. The predicted molar refractivity (Wildman–Crippen MR) is 116 cm³/mol. The van der Waals surface area contributed by atoms with Crippen LogP contribution in [0.25, 0.3) is 21.0 Å². The zero-order valence-corrected chi connectivity index (χ0v) is 16.9. The molecule has 4 aromatic rings. The molecule has 1 amide bonds. The summed E-state index contributed by atoms with van der Waals surface area (Å²) in [5.41, 5.74) is 2.16. The molecule has 1 N–H and O–H groups in total. The molecule has 4 rings (SSSR count). The van der Waals surface area contributed by atoms with Gasteiger partial charge in [-0.05, 0) is 42.4 Å². The van der Waals surface area contributed by atoms with Gasteiger partial charge in [0.1, 0.15) is 5.01 Å². The number of nitrogens with one attached hydrogen (secondary N) is 1. The highest BCUT2D eigenvalue weighted by molar-refractivity contribution is 7.18. The second kappa shape index (κ2) is 8.09. The topological polar surface area (TPSA) is 45.2 Å². The van der Waals surface area contributed by atoms with E-state index in [0.717, 1.165) is 16.1 Å². The number of benzene rings is 3. The maximum atomic E-state index is 12.6. The molecular weight excluding hydrogens is 366 g/mol. The lowest BCUT2D eigenvalue weighted by Crippen LogP contribution is -2.36. The average molecular weight is 390 g/mol. The van der Waals surface area contributed by atoms with E-state index in [4.69, 9.17) is 0 Å². The molecule has 28 heavy (non-hydrogen) atoms. The van der Waals surface area contributed by atoms with Gasteiger partial charge in [-0.1, -0.05) is 54.6 Å². The quantitative estimate of drug-likeness (QED) is 0.517. The zero-order valence-electron chi connectivity index (χ0n) is 16.1. The van der Waals surface area contributed by atoms with E-state index < -0.39 is 0 Å². The summed E-state index contributed by atoms with van der Waals surface area (Å²) in [6.45, 7) is 3.04. The number of hydrogen-bond acceptors (Lipinski definition) is 4. The van der Waals surface area contributed by atoms with E-state index in [2.05, 4.69) is 40.6 Å². The monoisotopic (exact) mass is 389 g/mol. The Balaban J connectivity index is 1.39. The largest absolute Gasteiger partial charge is 0.348 e. The number of para-hydroxylation sites is 1. The molecule has 0 fully saturated rings. The van der Waals surface area contributed by atoms with Crippen LogP contribution >= 0.6 is 11.3 Å². The standard InChI is InChI=1S/C23H23N3OS/c1-16(18-11-7-9-17-8-3-4-10-19(17)18)24-22(27)14-26(2)15-23-25-20-12-5-6-13-21(20)28-23/h3-13,16H,14-15H2,1-2H3,(H,24,27)/t16-/m1/s1. The number of amides is 1. The van der Waals surface area contributed by atoms with Crippen LogP contribution in [-0.4, -0.2) is 29.4 Å². The molecule has 1 aromatic heterocycles. The molecule has 0 aliphatic heterocycles. The van der Waals surface area contributed by atoms with Crippen LogP contribution in [0.1, 0.15) is 23.5 Å². The van der Waals surface area contributed by atoms with Crippen LogP contribution in [0.3, 0.4) is 0 Å². The van der Waals surface area contributed by atoms with Crippen molar-refractivity contribution < 1.29 is 4.79 Å². The highest BCUT2D eigenvalue weighted by Crippen LogP contribution is 2.24. The van der Waals surface area contributed by atoms with Gasteiger partial charge in [-0.2, -0.15) is 0 Å². The summed E-state index contributed by atoms with van der Waals surface area (Å²) in [5.74, 6) is 0.0176. The van der Waals surface area contributed by atoms with Crippen molar-refractivity contribution in [2.24, 2.45) is 0 Å². The molecule has 0 bridgehead atoms. The molecular formula is C23H23N3OS. The predicted octanol–water partition coefficient (Wildman–Crippen LogP) is 4.76. The fourth-order valence-electron chi connectivity index (χ4n) is 3.51. The number of carbonyl (C=O) groups is 1. The molecule has 0 aliphatic rings. The maximum absolute atomic E-state index is 12.6. The van der Waals surface area contributed by atoms with E-state index in [-0.39, 0.29) is 11.9 Å². The Morgan fingerprint density at radius 2 is 1.82 bits per heavy atom. The minimum absolute atomic E-state index is 0.0176. The maximum Gasteiger partial charge on any atom is 0.234 e. The Bertz CT molecular complexity index is 1080. The van der Waals surface area contributed by atoms with Crippen LogP contribution < -0.4 is 5.32 Å². The molecule has 1 heterocycles. The van der Waals surface area contributed by atoms with E-state index in [9.17, 15) is 4.79 Å². The van der Waals surface area contributed by atoms with Gasteiger partial charge in [0, 0.05) is 0 Å². The van der Waals surface area contributed by atoms with E-state index in [1.165, 1.54) is 15.5 Å². The van der Waals surface area contributed by atoms with Crippen molar-refractivity contribution >= 4 is 38.2 Å². The SMILES string of the molecule is C[C@@H](NC(=O)CN(C)Cc1nc2ccccc2s1)c1cccc2ccccc12. The Hall–Kier alpha value is -2.76. The summed E-state index contributed by atoms with van der Waals surface area (Å²) in [7, 11) is 1.95. The van der Waals surface area contributed by atoms with E-state index >= 15 is 0 Å². The molecule has 0 unspecified atom stereocenters. The lowest BCUT2D eigenvalue weighted by molar-refractivity contribution is -0.122. The minimum atomic E-state index is -0.0468. The fraction of sp³-hybridized carbons (Fsp3) is 0.217. The van der Waals surface area contributed by atoms with Crippen molar-refractivity contribution in [3.63, 3.8) is 0 Å². The van der Waals surface area contributed by atoms with Crippen LogP contribution in [0, 0.1) is 0 Å². The summed E-state index contributed by atoms with van der Waals surface area (Å²) < 4.78 is 1.18. The molecule has 4 nitrogen and oxygen atoms in total. The summed E-state index contributed by atoms with van der Waals surface area (Å²) in [5, 5.41) is 6.53. The number of likely N-dealkylation sites (N-methyl/N-ethyl adjacent to an activating group) is 1. The van der Waals surface area contributed by atoms with Gasteiger partial charge in [0.15, 0.2) is 0 Å². The Kier molecular flexibility index (Phi) is 5.37. The Labute approximate surface area is 168 Å². The molecule has 0 saturated carbocycles. The van der Waals surface area contributed by atoms with Crippen molar-refractivity contribution in [3.8, 4) is 0 Å². The van der Waals surface area contributed by atoms with Gasteiger partial charge in [-0.15, -0.1) is 11.3 Å². The first-order valence-electron chi connectivity index (χ1n) is 9.40. The van der Waals surface area contributed by atoms with Crippen molar-refractivity contribution in [2.45, 2.75) is 19.5 Å². The Morgan fingerprint density at radius 3 is 2.68 bits per heavy atom. The average Bonchev–Trinajstić information content (AvgIpc) is 3.09. The Morgan fingerprint density at radius 1 is 1.07 bits per heavy atom. The van der Waals surface area contributed by atoms with Crippen LogP contribution in [0.2, 0.25) is 0 Å². The first-order valence-corrected chi connectivity index (χ1v) is 10.2. The molecule has 5 heteroatoms. The van der Waals surface area contributed by atoms with Crippen LogP contribution in [-0.2, 0) is 11.3 Å². The third-order valence-electron chi connectivity index (χ3n) is 4.82. The molecule has 0 spiro atoms. The summed E-state index contributed by atoms with van der Waals surface area (Å²) in [6.07, 6.45) is 0. The van der Waals surface area contributed by atoms with E-state index in [1.54, 1.807) is 11.3 Å². The number of rotatable bonds is 6. The highest BCUT2D eigenvalue weighted by Gasteiger charge is 2.15. The number of fused-ring (bicyclic) bond motifs is 2. The smallest absolute Gasteiger partial charge is 0.234 e. The third kappa shape index (κ3) is 4.06. The fourth-order valence-corrected chi connectivity index (χ4v) is 4.56. The first-order chi connectivity index (χ1) is 13.6.